The van der Waals surface area contributed by atoms with Crippen LogP contribution in [0.25, 0.3) is 0 Å². The van der Waals surface area contributed by atoms with E-state index in [1.165, 1.54) is 0 Å². The van der Waals surface area contributed by atoms with E-state index in [1.807, 2.05) is 19.4 Å². The van der Waals surface area contributed by atoms with Gasteiger partial charge < -0.3 is 0 Å². The van der Waals surface area contributed by atoms with Crippen molar-refractivity contribution in [3.8, 4) is 0 Å². The third-order valence-electron chi connectivity index (χ3n) is 1.40. The molecule has 4 heteroatoms. The van der Waals surface area contributed by atoms with E-state index in [4.69, 9.17) is 0 Å². The zero-order valence-corrected chi connectivity index (χ0v) is 8.10. The van der Waals surface area contributed by atoms with Crippen LogP contribution in [0.15, 0.2) is 17.3 Å². The summed E-state index contributed by atoms with van der Waals surface area (Å²) in [5, 5.41) is 4.03. The molecule has 0 aliphatic carbocycles. The van der Waals surface area contributed by atoms with Crippen LogP contribution in [0.2, 0.25) is 0 Å². The lowest BCUT2D eigenvalue weighted by Gasteiger charge is -1.93. The maximum Gasteiger partial charge on any atom is 0.130 e. The second kappa shape index (κ2) is 4.30. The molecule has 1 aromatic heterocycles. The van der Waals surface area contributed by atoms with Gasteiger partial charge in [0, 0.05) is 30.3 Å². The van der Waals surface area contributed by atoms with Crippen molar-refractivity contribution in [2.45, 2.75) is 18.2 Å². The molecular formula is C8H12N2OS. The van der Waals surface area contributed by atoms with Gasteiger partial charge in [-0.05, 0) is 6.92 Å². The van der Waals surface area contributed by atoms with E-state index in [-0.39, 0.29) is 5.78 Å². The van der Waals surface area contributed by atoms with Gasteiger partial charge in [-0.1, -0.05) is 0 Å². The van der Waals surface area contributed by atoms with Gasteiger partial charge in [0.1, 0.15) is 5.78 Å². The maximum atomic E-state index is 10.6. The van der Waals surface area contributed by atoms with Gasteiger partial charge in [0.05, 0.1) is 6.20 Å². The van der Waals surface area contributed by atoms with E-state index in [0.717, 1.165) is 10.6 Å². The Labute approximate surface area is 76.1 Å². The van der Waals surface area contributed by atoms with Crippen LogP contribution in [0.5, 0.6) is 0 Å². The number of nitrogens with zero attached hydrogens (tertiary/aromatic N) is 2. The Hall–Kier alpha value is -0.770. The van der Waals surface area contributed by atoms with Crippen molar-refractivity contribution < 1.29 is 4.79 Å². The van der Waals surface area contributed by atoms with Crippen molar-refractivity contribution in [2.24, 2.45) is 7.05 Å². The zero-order valence-electron chi connectivity index (χ0n) is 7.28. The minimum Gasteiger partial charge on any atom is -0.300 e. The van der Waals surface area contributed by atoms with Crippen molar-refractivity contribution in [1.82, 2.24) is 9.78 Å². The molecule has 0 bridgehead atoms. The SMILES string of the molecule is CC(=O)CCSc1cnn(C)c1. The molecule has 0 unspecified atom stereocenters. The maximum absolute atomic E-state index is 10.6. The van der Waals surface area contributed by atoms with Gasteiger partial charge in [-0.15, -0.1) is 11.8 Å². The van der Waals surface area contributed by atoms with Gasteiger partial charge >= 0.3 is 0 Å². The number of hydrogen-bond donors (Lipinski definition) is 0. The van der Waals surface area contributed by atoms with Crippen molar-refractivity contribution in [2.75, 3.05) is 5.75 Å². The smallest absolute Gasteiger partial charge is 0.130 e. The van der Waals surface area contributed by atoms with Crippen molar-refractivity contribution in [3.63, 3.8) is 0 Å². The highest BCUT2D eigenvalue weighted by molar-refractivity contribution is 7.99. The fourth-order valence-corrected chi connectivity index (χ4v) is 1.76. The molecule has 0 aliphatic heterocycles. The van der Waals surface area contributed by atoms with Crippen LogP contribution in [0, 0.1) is 0 Å². The van der Waals surface area contributed by atoms with E-state index >= 15 is 0 Å². The highest BCUT2D eigenvalue weighted by Gasteiger charge is 1.97. The Kier molecular flexibility index (Phi) is 3.34. The van der Waals surface area contributed by atoms with Crippen LogP contribution in [0.1, 0.15) is 13.3 Å². The summed E-state index contributed by atoms with van der Waals surface area (Å²) in [6, 6.07) is 0. The number of ketones is 1. The molecular weight excluding hydrogens is 172 g/mol. The Balaban J connectivity index is 2.29. The largest absolute Gasteiger partial charge is 0.300 e. The van der Waals surface area contributed by atoms with Crippen LogP contribution in [-0.2, 0) is 11.8 Å². The highest BCUT2D eigenvalue weighted by atomic mass is 32.2. The summed E-state index contributed by atoms with van der Waals surface area (Å²) in [7, 11) is 1.88. The number of aromatic nitrogens is 2. The molecule has 1 aromatic rings. The lowest BCUT2D eigenvalue weighted by atomic mass is 10.4. The lowest BCUT2D eigenvalue weighted by Crippen LogP contribution is -1.90. The molecule has 0 saturated heterocycles. The Morgan fingerprint density at radius 1 is 1.75 bits per heavy atom. The first-order valence-electron chi connectivity index (χ1n) is 3.79. The summed E-state index contributed by atoms with van der Waals surface area (Å²) in [6.07, 6.45) is 4.40. The average Bonchev–Trinajstić information content (AvgIpc) is 2.35. The molecule has 0 amide bonds. The standard InChI is InChI=1S/C8H12N2OS/c1-7(11)3-4-12-8-5-9-10(2)6-8/h5-6H,3-4H2,1-2H3. The molecule has 0 saturated carbocycles. The fraction of sp³-hybridized carbons (Fsp3) is 0.500. The van der Waals surface area contributed by atoms with Crippen LogP contribution in [-0.4, -0.2) is 21.3 Å². The molecule has 0 aromatic carbocycles. The Bertz CT molecular complexity index is 270. The summed E-state index contributed by atoms with van der Waals surface area (Å²) in [5.74, 6) is 1.09. The summed E-state index contributed by atoms with van der Waals surface area (Å²) < 4.78 is 1.76. The quantitative estimate of drug-likeness (QED) is 0.665. The molecule has 0 fully saturated rings. The first-order valence-corrected chi connectivity index (χ1v) is 4.78. The monoisotopic (exact) mass is 184 g/mol. The summed E-state index contributed by atoms with van der Waals surface area (Å²) >= 11 is 1.67. The summed E-state index contributed by atoms with van der Waals surface area (Å²) in [6.45, 7) is 1.61. The fourth-order valence-electron chi connectivity index (χ4n) is 0.786. The predicted octanol–water partition coefficient (Wildman–Crippen LogP) is 1.49. The van der Waals surface area contributed by atoms with Crippen molar-refractivity contribution in [1.29, 1.82) is 0 Å². The zero-order chi connectivity index (χ0) is 8.97. The molecule has 0 aliphatic rings. The van der Waals surface area contributed by atoms with E-state index in [2.05, 4.69) is 5.10 Å². The third-order valence-corrected chi connectivity index (χ3v) is 2.36. The van der Waals surface area contributed by atoms with E-state index in [1.54, 1.807) is 23.4 Å². The second-order valence-corrected chi connectivity index (χ2v) is 3.82. The van der Waals surface area contributed by atoms with Crippen LogP contribution < -0.4 is 0 Å². The molecule has 0 spiro atoms. The number of carbonyl (C=O) groups is 1. The van der Waals surface area contributed by atoms with E-state index < -0.39 is 0 Å². The minimum absolute atomic E-state index is 0.242. The van der Waals surface area contributed by atoms with Crippen molar-refractivity contribution >= 4 is 17.5 Å². The molecule has 3 nitrogen and oxygen atoms in total. The summed E-state index contributed by atoms with van der Waals surface area (Å²) in [5.41, 5.74) is 0. The molecule has 12 heavy (non-hydrogen) atoms. The van der Waals surface area contributed by atoms with Crippen LogP contribution in [0.3, 0.4) is 0 Å². The minimum atomic E-state index is 0.242. The molecule has 66 valence electrons. The molecule has 0 N–H and O–H groups in total. The predicted molar refractivity (Wildman–Crippen MR) is 49.2 cm³/mol. The first kappa shape index (κ1) is 9.32. The normalized spacial score (nSPS) is 10.2. The average molecular weight is 184 g/mol. The van der Waals surface area contributed by atoms with Crippen LogP contribution in [0.4, 0.5) is 0 Å². The van der Waals surface area contributed by atoms with Crippen LogP contribution >= 0.6 is 11.8 Å². The number of rotatable bonds is 4. The van der Waals surface area contributed by atoms with Gasteiger partial charge in [0.2, 0.25) is 0 Å². The van der Waals surface area contributed by atoms with Crippen molar-refractivity contribution in [3.05, 3.63) is 12.4 Å². The van der Waals surface area contributed by atoms with Gasteiger partial charge in [-0.2, -0.15) is 5.10 Å². The second-order valence-electron chi connectivity index (χ2n) is 2.65. The molecule has 1 rings (SSSR count). The molecule has 0 radical (unpaired) electrons. The van der Waals surface area contributed by atoms with E-state index in [0.29, 0.717) is 6.42 Å². The van der Waals surface area contributed by atoms with Gasteiger partial charge in [-0.25, -0.2) is 0 Å². The van der Waals surface area contributed by atoms with Gasteiger partial charge in [0.25, 0.3) is 0 Å². The topological polar surface area (TPSA) is 34.9 Å². The molecule has 1 heterocycles. The number of carbonyl (C=O) groups excluding carboxylic acids is 1. The lowest BCUT2D eigenvalue weighted by molar-refractivity contribution is -0.116. The summed E-state index contributed by atoms with van der Waals surface area (Å²) in [4.78, 5) is 11.7. The van der Waals surface area contributed by atoms with Gasteiger partial charge in [-0.3, -0.25) is 9.48 Å². The first-order chi connectivity index (χ1) is 5.68. The Morgan fingerprint density at radius 2 is 2.50 bits per heavy atom. The van der Waals surface area contributed by atoms with Gasteiger partial charge in [0.15, 0.2) is 0 Å². The third kappa shape index (κ3) is 3.09. The number of aryl methyl sites for hydroxylation is 1. The Morgan fingerprint density at radius 3 is 3.00 bits per heavy atom. The van der Waals surface area contributed by atoms with E-state index in [9.17, 15) is 4.79 Å². The highest BCUT2D eigenvalue weighted by Crippen LogP contribution is 2.16. The number of hydrogen-bond acceptors (Lipinski definition) is 3. The number of thioether (sulfide) groups is 1. The molecule has 0 atom stereocenters. The number of Topliss-reactive ketones (excluding diaryl/α,β-unsaturated/α-hetero) is 1.